The van der Waals surface area contributed by atoms with Crippen molar-refractivity contribution in [1.82, 2.24) is 0 Å². The third-order valence-electron chi connectivity index (χ3n) is 16.3. The number of carboxylic acid groups (broad SMARTS) is 1. The number of benzene rings is 1. The van der Waals surface area contributed by atoms with E-state index in [1.807, 2.05) is 6.92 Å². The van der Waals surface area contributed by atoms with Crippen molar-refractivity contribution < 1.29 is 24.9 Å². The Morgan fingerprint density at radius 2 is 1.55 bits per heavy atom. The first-order chi connectivity index (χ1) is 20.6. The molecule has 6 fully saturated rings. The van der Waals surface area contributed by atoms with E-state index in [-0.39, 0.29) is 45.0 Å². The molecule has 2 bridgehead atoms. The lowest BCUT2D eigenvalue weighted by Crippen LogP contribution is -2.71. The van der Waals surface area contributed by atoms with Gasteiger partial charge in [0.15, 0.2) is 5.79 Å². The van der Waals surface area contributed by atoms with Crippen LogP contribution in [0.15, 0.2) is 30.3 Å². The maximum atomic E-state index is 12.6. The van der Waals surface area contributed by atoms with E-state index in [0.29, 0.717) is 18.3 Å². The van der Waals surface area contributed by atoms with Gasteiger partial charge in [0.1, 0.15) is 0 Å². The van der Waals surface area contributed by atoms with Crippen molar-refractivity contribution in [1.29, 1.82) is 0 Å². The van der Waals surface area contributed by atoms with Crippen molar-refractivity contribution in [3.63, 3.8) is 0 Å². The molecule has 7 rings (SSSR count). The Kier molecular flexibility index (Phi) is 6.94. The number of carboxylic acids is 1. The summed E-state index contributed by atoms with van der Waals surface area (Å²) in [6.45, 7) is 14.3. The third kappa shape index (κ3) is 3.84. The fourth-order valence-electron chi connectivity index (χ4n) is 14.0. The molecule has 0 radical (unpaired) electrons. The van der Waals surface area contributed by atoms with Crippen LogP contribution in [-0.2, 0) is 16.0 Å². The number of rotatable bonds is 5. The molecular formula is C39H58O5. The molecule has 1 heterocycles. The highest BCUT2D eigenvalue weighted by molar-refractivity contribution is 5.74. The van der Waals surface area contributed by atoms with Gasteiger partial charge in [0.2, 0.25) is 0 Å². The van der Waals surface area contributed by atoms with Crippen LogP contribution in [0.25, 0.3) is 0 Å². The molecule has 3 N–H and O–H groups in total. The average molecular weight is 607 g/mol. The number of aliphatic carboxylic acids is 1. The molecule has 0 amide bonds. The van der Waals surface area contributed by atoms with Crippen LogP contribution < -0.4 is 0 Å². The fourth-order valence-corrected chi connectivity index (χ4v) is 14.0. The first kappa shape index (κ1) is 31.2. The number of hydrogen-bond acceptors (Lipinski definition) is 4. The Balaban J connectivity index is 1.30. The molecule has 1 aromatic rings. The zero-order valence-corrected chi connectivity index (χ0v) is 28.2. The van der Waals surface area contributed by atoms with Crippen molar-refractivity contribution in [3.05, 3.63) is 35.9 Å². The van der Waals surface area contributed by atoms with Gasteiger partial charge in [-0.1, -0.05) is 71.4 Å². The Morgan fingerprint density at radius 3 is 2.23 bits per heavy atom. The third-order valence-corrected chi connectivity index (χ3v) is 16.3. The van der Waals surface area contributed by atoms with Crippen molar-refractivity contribution in [2.45, 2.75) is 143 Å². The second-order valence-corrected chi connectivity index (χ2v) is 18.1. The molecular weight excluding hydrogens is 548 g/mol. The van der Waals surface area contributed by atoms with Gasteiger partial charge in [-0.25, -0.2) is 0 Å². The van der Waals surface area contributed by atoms with Gasteiger partial charge in [0.05, 0.1) is 17.6 Å². The minimum atomic E-state index is -1.27. The molecule has 1 aromatic carbocycles. The smallest absolute Gasteiger partial charge is 0.309 e. The van der Waals surface area contributed by atoms with E-state index in [1.54, 1.807) is 0 Å². The second kappa shape index (κ2) is 9.80. The quantitative estimate of drug-likeness (QED) is 0.316. The van der Waals surface area contributed by atoms with Gasteiger partial charge in [-0.3, -0.25) is 4.79 Å². The molecule has 5 nitrogen and oxygen atoms in total. The predicted octanol–water partition coefficient (Wildman–Crippen LogP) is 8.01. The van der Waals surface area contributed by atoms with Crippen molar-refractivity contribution in [2.75, 3.05) is 0 Å². The molecule has 13 atom stereocenters. The molecule has 44 heavy (non-hydrogen) atoms. The van der Waals surface area contributed by atoms with Crippen LogP contribution in [0.2, 0.25) is 0 Å². The zero-order chi connectivity index (χ0) is 31.6. The first-order valence-corrected chi connectivity index (χ1v) is 18.0. The van der Waals surface area contributed by atoms with Crippen LogP contribution in [0.5, 0.6) is 0 Å². The summed E-state index contributed by atoms with van der Waals surface area (Å²) in [5, 5.41) is 34.7. The largest absolute Gasteiger partial charge is 0.481 e. The van der Waals surface area contributed by atoms with Gasteiger partial charge < -0.3 is 20.1 Å². The normalized spacial score (nSPS) is 54.5. The van der Waals surface area contributed by atoms with E-state index in [9.17, 15) is 20.1 Å². The zero-order valence-electron chi connectivity index (χ0n) is 28.2. The predicted molar refractivity (Wildman–Crippen MR) is 172 cm³/mol. The van der Waals surface area contributed by atoms with Gasteiger partial charge in [0, 0.05) is 17.8 Å². The highest BCUT2D eigenvalue weighted by Crippen LogP contribution is 2.80. The Labute approximate surface area is 265 Å². The monoisotopic (exact) mass is 606 g/mol. The number of aliphatic hydroxyl groups is 2. The fraction of sp³-hybridized carbons (Fsp3) is 0.821. The second-order valence-electron chi connectivity index (χ2n) is 18.1. The summed E-state index contributed by atoms with van der Waals surface area (Å²) in [7, 11) is 0. The molecule has 1 spiro atoms. The Morgan fingerprint density at radius 1 is 0.886 bits per heavy atom. The molecule has 5 aliphatic carbocycles. The van der Waals surface area contributed by atoms with Crippen molar-refractivity contribution >= 4 is 5.97 Å². The SMILES string of the molecule is CCC[C@@H]1[C@@]23CC[C@H]4[C@@](C)(CC[C@@]5(C)[C@@H]6C[C@](C)(C(=O)O)CC[C@]6(C)CC[C@]45C)[C@@H]2[C@H](O)C[C@]1(O)O[C@H]3Cc1ccccc1. The summed E-state index contributed by atoms with van der Waals surface area (Å²) in [4.78, 5) is 12.6. The lowest BCUT2D eigenvalue weighted by molar-refractivity contribution is -0.288. The van der Waals surface area contributed by atoms with Crippen LogP contribution >= 0.6 is 0 Å². The highest BCUT2D eigenvalue weighted by Gasteiger charge is 2.78. The van der Waals surface area contributed by atoms with Crippen molar-refractivity contribution in [3.8, 4) is 0 Å². The molecule has 244 valence electrons. The minimum absolute atomic E-state index is 0.0327. The van der Waals surface area contributed by atoms with E-state index < -0.39 is 23.3 Å². The van der Waals surface area contributed by atoms with Gasteiger partial charge in [0.25, 0.3) is 0 Å². The Bertz CT molecular complexity index is 1300. The Hall–Kier alpha value is -1.43. The van der Waals surface area contributed by atoms with Crippen LogP contribution in [0, 0.1) is 56.2 Å². The molecule has 1 saturated heterocycles. The topological polar surface area (TPSA) is 87.0 Å². The van der Waals surface area contributed by atoms with Crippen LogP contribution in [0.4, 0.5) is 0 Å². The van der Waals surface area contributed by atoms with Crippen molar-refractivity contribution in [2.24, 2.45) is 56.2 Å². The van der Waals surface area contributed by atoms with Gasteiger partial charge in [-0.15, -0.1) is 0 Å². The molecule has 0 aromatic heterocycles. The first-order valence-electron chi connectivity index (χ1n) is 18.0. The highest BCUT2D eigenvalue weighted by atomic mass is 16.6. The van der Waals surface area contributed by atoms with E-state index >= 15 is 0 Å². The van der Waals surface area contributed by atoms with E-state index in [2.05, 4.69) is 65.0 Å². The lowest BCUT2D eigenvalue weighted by Gasteiger charge is -2.75. The van der Waals surface area contributed by atoms with Crippen LogP contribution in [0.1, 0.15) is 124 Å². The van der Waals surface area contributed by atoms with Gasteiger partial charge in [-0.05, 0) is 123 Å². The lowest BCUT2D eigenvalue weighted by atomic mass is 9.29. The molecule has 6 aliphatic rings. The van der Waals surface area contributed by atoms with Gasteiger partial charge in [-0.2, -0.15) is 0 Å². The minimum Gasteiger partial charge on any atom is -0.481 e. The van der Waals surface area contributed by atoms with E-state index in [0.717, 1.165) is 64.2 Å². The molecule has 0 unspecified atom stereocenters. The summed E-state index contributed by atoms with van der Waals surface area (Å²) in [6, 6.07) is 10.6. The standard InChI is InChI=1S/C39H58O5/c1-7-11-28-38-15-14-27-35(4,31(38)26(40)23-39(28,43)44-30(38)22-25-12-9-8-10-13-25)19-21-37(6)29-24-34(3,32(41)42)17-16-33(29,2)18-20-36(27,37)5/h8-10,12-13,26-31,40,43H,7,11,14-24H2,1-6H3,(H,41,42)/t26-,27+,28-,29-,30+,31+,33-,34-,35-,36-,37+,38-,39+/m1/s1. The van der Waals surface area contributed by atoms with E-state index in [4.69, 9.17) is 4.74 Å². The molecule has 5 heteroatoms. The number of hydrogen-bond donors (Lipinski definition) is 3. The molecule has 5 saturated carbocycles. The summed E-state index contributed by atoms with van der Waals surface area (Å²) < 4.78 is 6.82. The maximum Gasteiger partial charge on any atom is 0.309 e. The van der Waals surface area contributed by atoms with E-state index in [1.165, 1.54) is 18.4 Å². The number of fused-ring (bicyclic) bond motifs is 7. The van der Waals surface area contributed by atoms with Crippen LogP contribution in [0.3, 0.4) is 0 Å². The van der Waals surface area contributed by atoms with Gasteiger partial charge >= 0.3 is 5.97 Å². The number of carbonyl (C=O) groups is 1. The summed E-state index contributed by atoms with van der Waals surface area (Å²) in [5.41, 5.74) is 0.595. The van der Waals surface area contributed by atoms with Crippen LogP contribution in [-0.4, -0.2) is 39.3 Å². The average Bonchev–Trinajstić information content (AvgIpc) is 3.11. The summed E-state index contributed by atoms with van der Waals surface area (Å²) in [6.07, 6.45) is 11.4. The number of ether oxygens (including phenoxy) is 1. The number of aliphatic hydroxyl groups excluding tert-OH is 1. The summed E-state index contributed by atoms with van der Waals surface area (Å²) >= 11 is 0. The molecule has 1 aliphatic heterocycles. The summed E-state index contributed by atoms with van der Waals surface area (Å²) in [5.74, 6) is -0.942. The maximum absolute atomic E-state index is 12.6.